The summed E-state index contributed by atoms with van der Waals surface area (Å²) in [7, 11) is 0. The Morgan fingerprint density at radius 2 is 1.84 bits per heavy atom. The van der Waals surface area contributed by atoms with Crippen molar-refractivity contribution in [2.24, 2.45) is 0 Å². The van der Waals surface area contributed by atoms with E-state index in [9.17, 15) is 18.0 Å². The molecule has 0 saturated carbocycles. The Kier molecular flexibility index (Phi) is 5.74. The minimum atomic E-state index is -4.50. The Morgan fingerprint density at radius 1 is 1.03 bits per heavy atom. The summed E-state index contributed by atoms with van der Waals surface area (Å²) in [5.41, 5.74) is -0.495. The second-order valence-corrected chi connectivity index (χ2v) is 6.79. The summed E-state index contributed by atoms with van der Waals surface area (Å²) in [4.78, 5) is 20.7. The number of aliphatic hydroxyl groups excluding tert-OH is 1. The number of carbonyl (C=O) groups excluding carboxylic acids is 1. The molecular formula is C23H16F3N3O3. The van der Waals surface area contributed by atoms with E-state index in [1.807, 2.05) is 0 Å². The van der Waals surface area contributed by atoms with E-state index in [1.54, 1.807) is 42.5 Å². The molecule has 0 fully saturated rings. The molecule has 0 saturated heterocycles. The van der Waals surface area contributed by atoms with Crippen LogP contribution in [0.2, 0.25) is 0 Å². The van der Waals surface area contributed by atoms with Gasteiger partial charge in [0.2, 0.25) is 5.88 Å². The number of aliphatic hydroxyl groups is 1. The van der Waals surface area contributed by atoms with E-state index in [1.165, 1.54) is 18.3 Å². The summed E-state index contributed by atoms with van der Waals surface area (Å²) in [6, 6.07) is 16.1. The molecule has 0 radical (unpaired) electrons. The van der Waals surface area contributed by atoms with Crippen LogP contribution in [-0.2, 0) is 12.8 Å². The fourth-order valence-corrected chi connectivity index (χ4v) is 3.13. The minimum Gasteiger partial charge on any atom is -0.439 e. The molecule has 162 valence electrons. The Balaban J connectivity index is 1.59. The fraction of sp³-hybridized carbons (Fsp3) is 0.0870. The van der Waals surface area contributed by atoms with Crippen molar-refractivity contribution >= 4 is 22.4 Å². The van der Waals surface area contributed by atoms with Crippen LogP contribution in [0, 0.1) is 0 Å². The summed E-state index contributed by atoms with van der Waals surface area (Å²) >= 11 is 0. The summed E-state index contributed by atoms with van der Waals surface area (Å²) < 4.78 is 44.5. The first kappa shape index (κ1) is 21.3. The van der Waals surface area contributed by atoms with E-state index in [-0.39, 0.29) is 24.0 Å². The molecule has 1 heterocycles. The summed E-state index contributed by atoms with van der Waals surface area (Å²) in [6.45, 7) is -0.320. The number of amides is 1. The zero-order valence-electron chi connectivity index (χ0n) is 16.4. The van der Waals surface area contributed by atoms with Crippen LogP contribution in [0.3, 0.4) is 0 Å². The van der Waals surface area contributed by atoms with E-state index in [4.69, 9.17) is 9.84 Å². The monoisotopic (exact) mass is 439 g/mol. The van der Waals surface area contributed by atoms with Crippen molar-refractivity contribution in [3.05, 3.63) is 89.9 Å². The highest BCUT2D eigenvalue weighted by Crippen LogP contribution is 2.31. The maximum Gasteiger partial charge on any atom is 0.416 e. The number of nitrogens with one attached hydrogen (secondary N) is 1. The van der Waals surface area contributed by atoms with Crippen molar-refractivity contribution < 1.29 is 27.8 Å². The van der Waals surface area contributed by atoms with Crippen LogP contribution in [0.25, 0.3) is 10.8 Å². The van der Waals surface area contributed by atoms with E-state index in [2.05, 4.69) is 15.3 Å². The van der Waals surface area contributed by atoms with Crippen molar-refractivity contribution in [2.75, 3.05) is 5.32 Å². The second-order valence-electron chi connectivity index (χ2n) is 6.79. The lowest BCUT2D eigenvalue weighted by Crippen LogP contribution is -2.13. The predicted octanol–water partition coefficient (Wildman–Crippen LogP) is 5.19. The number of fused-ring (bicyclic) bond motifs is 1. The number of anilines is 1. The van der Waals surface area contributed by atoms with Crippen LogP contribution in [0.1, 0.15) is 21.7 Å². The van der Waals surface area contributed by atoms with Gasteiger partial charge in [0.1, 0.15) is 12.4 Å². The number of aromatic nitrogens is 2. The number of ether oxygens (including phenoxy) is 1. The molecule has 0 unspecified atom stereocenters. The van der Waals surface area contributed by atoms with Gasteiger partial charge in [-0.25, -0.2) is 4.98 Å². The molecule has 6 nitrogen and oxygen atoms in total. The number of hydrogen-bond donors (Lipinski definition) is 2. The standard InChI is InChI=1S/C23H16F3N3O3/c24-23(25,26)15-4-2-5-16(12-15)28-22(31)19-6-1-3-14-11-17(7-8-18(14)19)32-21-9-10-27-20(13-30)29-21/h1-12,30H,13H2,(H,28,31). The van der Waals surface area contributed by atoms with E-state index in [0.717, 1.165) is 12.1 Å². The van der Waals surface area contributed by atoms with Gasteiger partial charge in [0, 0.05) is 23.5 Å². The Hall–Kier alpha value is -3.98. The molecule has 1 aromatic heterocycles. The fourth-order valence-electron chi connectivity index (χ4n) is 3.13. The maximum absolute atomic E-state index is 12.9. The molecule has 32 heavy (non-hydrogen) atoms. The number of alkyl halides is 3. The van der Waals surface area contributed by atoms with Gasteiger partial charge in [-0.15, -0.1) is 0 Å². The molecule has 9 heteroatoms. The van der Waals surface area contributed by atoms with E-state index >= 15 is 0 Å². The molecular weight excluding hydrogens is 423 g/mol. The first-order chi connectivity index (χ1) is 15.3. The van der Waals surface area contributed by atoms with Crippen molar-refractivity contribution in [1.29, 1.82) is 0 Å². The second kappa shape index (κ2) is 8.64. The average Bonchev–Trinajstić information content (AvgIpc) is 2.78. The third kappa shape index (κ3) is 4.68. The zero-order chi connectivity index (χ0) is 22.7. The predicted molar refractivity (Wildman–Crippen MR) is 111 cm³/mol. The van der Waals surface area contributed by atoms with Gasteiger partial charge in [0.15, 0.2) is 5.82 Å². The van der Waals surface area contributed by atoms with Crippen molar-refractivity contribution in [2.45, 2.75) is 12.8 Å². The van der Waals surface area contributed by atoms with Crippen molar-refractivity contribution in [3.8, 4) is 11.6 Å². The average molecular weight is 439 g/mol. The number of nitrogens with zero attached hydrogens (tertiary/aromatic N) is 2. The van der Waals surface area contributed by atoms with E-state index < -0.39 is 17.6 Å². The largest absolute Gasteiger partial charge is 0.439 e. The highest BCUT2D eigenvalue weighted by Gasteiger charge is 2.30. The lowest BCUT2D eigenvalue weighted by molar-refractivity contribution is -0.137. The zero-order valence-corrected chi connectivity index (χ0v) is 16.4. The van der Waals surface area contributed by atoms with Gasteiger partial charge in [-0.05, 0) is 53.2 Å². The van der Waals surface area contributed by atoms with Crippen LogP contribution in [0.15, 0.2) is 72.9 Å². The van der Waals surface area contributed by atoms with E-state index in [0.29, 0.717) is 22.1 Å². The van der Waals surface area contributed by atoms with Crippen LogP contribution in [0.4, 0.5) is 18.9 Å². The molecule has 2 N–H and O–H groups in total. The van der Waals surface area contributed by atoms with Crippen LogP contribution < -0.4 is 10.1 Å². The lowest BCUT2D eigenvalue weighted by Gasteiger charge is -2.12. The molecule has 0 aliphatic carbocycles. The molecule has 3 aromatic carbocycles. The van der Waals surface area contributed by atoms with Gasteiger partial charge in [0.05, 0.1) is 5.56 Å². The first-order valence-corrected chi connectivity index (χ1v) is 9.45. The third-order valence-corrected chi connectivity index (χ3v) is 4.59. The molecule has 0 spiro atoms. The van der Waals surface area contributed by atoms with Gasteiger partial charge in [0.25, 0.3) is 5.91 Å². The lowest BCUT2D eigenvalue weighted by atomic mass is 10.0. The number of benzene rings is 3. The van der Waals surface area contributed by atoms with Crippen LogP contribution in [0.5, 0.6) is 11.6 Å². The first-order valence-electron chi connectivity index (χ1n) is 9.45. The minimum absolute atomic E-state index is 0.0465. The van der Waals surface area contributed by atoms with Gasteiger partial charge in [-0.1, -0.05) is 18.2 Å². The summed E-state index contributed by atoms with van der Waals surface area (Å²) in [6.07, 6.45) is -3.04. The highest BCUT2D eigenvalue weighted by molar-refractivity contribution is 6.13. The van der Waals surface area contributed by atoms with Crippen LogP contribution in [-0.4, -0.2) is 21.0 Å². The Labute approximate surface area is 180 Å². The van der Waals surface area contributed by atoms with Crippen LogP contribution >= 0.6 is 0 Å². The molecule has 4 aromatic rings. The molecule has 1 amide bonds. The quantitative estimate of drug-likeness (QED) is 0.447. The third-order valence-electron chi connectivity index (χ3n) is 4.59. The Bertz CT molecular complexity index is 1290. The SMILES string of the molecule is O=C(Nc1cccc(C(F)(F)F)c1)c1cccc2cc(Oc3ccnc(CO)n3)ccc12. The van der Waals surface area contributed by atoms with Gasteiger partial charge >= 0.3 is 6.18 Å². The summed E-state index contributed by atoms with van der Waals surface area (Å²) in [5, 5.41) is 12.9. The normalized spacial score (nSPS) is 11.4. The smallest absolute Gasteiger partial charge is 0.416 e. The summed E-state index contributed by atoms with van der Waals surface area (Å²) in [5.74, 6) is 0.390. The molecule has 0 aliphatic heterocycles. The number of rotatable bonds is 5. The topological polar surface area (TPSA) is 84.3 Å². The van der Waals surface area contributed by atoms with Crippen molar-refractivity contribution in [1.82, 2.24) is 9.97 Å². The van der Waals surface area contributed by atoms with Crippen molar-refractivity contribution in [3.63, 3.8) is 0 Å². The molecule has 0 bridgehead atoms. The number of hydrogen-bond acceptors (Lipinski definition) is 5. The highest BCUT2D eigenvalue weighted by atomic mass is 19.4. The maximum atomic E-state index is 12.9. The number of halogens is 3. The molecule has 0 atom stereocenters. The van der Waals surface area contributed by atoms with Gasteiger partial charge < -0.3 is 15.2 Å². The van der Waals surface area contributed by atoms with Gasteiger partial charge in [-0.3, -0.25) is 4.79 Å². The Morgan fingerprint density at radius 3 is 2.62 bits per heavy atom. The number of carbonyl (C=O) groups is 1. The molecule has 0 aliphatic rings. The molecule has 4 rings (SSSR count). The van der Waals surface area contributed by atoms with Gasteiger partial charge in [-0.2, -0.15) is 18.2 Å².